The smallest absolute Gasteiger partial charge is 0.227 e. The van der Waals surface area contributed by atoms with E-state index in [9.17, 15) is 0 Å². The summed E-state index contributed by atoms with van der Waals surface area (Å²) in [6.45, 7) is 11.9. The molecule has 1 aliphatic carbocycles. The molecule has 3 aliphatic rings. The van der Waals surface area contributed by atoms with E-state index in [0.717, 1.165) is 107 Å². The van der Waals surface area contributed by atoms with Crippen LogP contribution in [0.1, 0.15) is 32.6 Å². The highest BCUT2D eigenvalue weighted by Gasteiger charge is 2.25. The number of hydrogen-bond donors (Lipinski definition) is 1. The lowest BCUT2D eigenvalue weighted by Gasteiger charge is -2.32. The van der Waals surface area contributed by atoms with Gasteiger partial charge in [0.2, 0.25) is 5.95 Å². The van der Waals surface area contributed by atoms with Crippen molar-refractivity contribution in [1.29, 1.82) is 0 Å². The average Bonchev–Trinajstić information content (AvgIpc) is 2.95. The molecule has 1 N–H and O–H groups in total. The first-order valence-electron chi connectivity index (χ1n) is 13.3. The van der Waals surface area contributed by atoms with Crippen LogP contribution in [0.5, 0.6) is 5.75 Å². The van der Waals surface area contributed by atoms with E-state index in [1.165, 1.54) is 0 Å². The molecule has 3 fully saturated rings. The second-order valence-electron chi connectivity index (χ2n) is 9.53. The Morgan fingerprint density at radius 2 is 1.73 bits per heavy atom. The van der Waals surface area contributed by atoms with Gasteiger partial charge in [0.15, 0.2) is 0 Å². The molecule has 2 aliphatic heterocycles. The van der Waals surface area contributed by atoms with Gasteiger partial charge in [0.1, 0.15) is 17.3 Å². The van der Waals surface area contributed by atoms with Crippen molar-refractivity contribution in [2.75, 3.05) is 67.7 Å². The molecule has 0 radical (unpaired) electrons. The Morgan fingerprint density at radius 1 is 1.03 bits per heavy atom. The minimum absolute atomic E-state index is 0.117. The third kappa shape index (κ3) is 6.37. The first-order chi connectivity index (χ1) is 18.2. The van der Waals surface area contributed by atoms with Gasteiger partial charge in [-0.2, -0.15) is 4.98 Å². The van der Waals surface area contributed by atoms with Crippen molar-refractivity contribution in [1.82, 2.24) is 9.97 Å². The zero-order valence-corrected chi connectivity index (χ0v) is 21.6. The minimum atomic E-state index is 0.117. The minimum Gasteiger partial charge on any atom is -0.488 e. The highest BCUT2D eigenvalue weighted by molar-refractivity contribution is 5.80. The third-order valence-corrected chi connectivity index (χ3v) is 7.10. The van der Waals surface area contributed by atoms with Crippen molar-refractivity contribution in [3.05, 3.63) is 24.4 Å². The fourth-order valence-corrected chi connectivity index (χ4v) is 5.13. The van der Waals surface area contributed by atoms with Gasteiger partial charge in [-0.1, -0.05) is 0 Å². The molecule has 1 saturated carbocycles. The van der Waals surface area contributed by atoms with Gasteiger partial charge in [-0.25, -0.2) is 4.98 Å². The maximum absolute atomic E-state index is 6.56. The van der Waals surface area contributed by atoms with Gasteiger partial charge in [-0.3, -0.25) is 9.98 Å². The molecule has 2 aromatic rings. The summed E-state index contributed by atoms with van der Waals surface area (Å²) in [5.41, 5.74) is 2.57. The highest BCUT2D eigenvalue weighted by Crippen LogP contribution is 2.43. The predicted octanol–water partition coefficient (Wildman–Crippen LogP) is 4.01. The molecule has 0 unspecified atom stereocenters. The van der Waals surface area contributed by atoms with E-state index in [-0.39, 0.29) is 6.10 Å². The Balaban J connectivity index is 1.22. The molecule has 0 atom stereocenters. The fraction of sp³-hybridized carbons (Fsp3) is 0.556. The normalized spacial score (nSPS) is 22.7. The molecule has 0 bridgehead atoms. The van der Waals surface area contributed by atoms with Gasteiger partial charge in [0, 0.05) is 56.4 Å². The Bertz CT molecular complexity index is 1080. The molecule has 1 aromatic carbocycles. The van der Waals surface area contributed by atoms with Crippen LogP contribution >= 0.6 is 0 Å². The van der Waals surface area contributed by atoms with Gasteiger partial charge >= 0.3 is 0 Å². The van der Waals surface area contributed by atoms with Gasteiger partial charge < -0.3 is 29.3 Å². The molecule has 3 heterocycles. The van der Waals surface area contributed by atoms with E-state index in [4.69, 9.17) is 19.2 Å². The second-order valence-corrected chi connectivity index (χ2v) is 9.53. The summed E-state index contributed by atoms with van der Waals surface area (Å²) in [4.78, 5) is 22.5. The van der Waals surface area contributed by atoms with Crippen LogP contribution in [0.15, 0.2) is 34.4 Å². The average molecular weight is 508 g/mol. The maximum Gasteiger partial charge on any atom is 0.227 e. The Hall–Kier alpha value is -3.24. The number of aromatic nitrogens is 2. The van der Waals surface area contributed by atoms with Crippen LogP contribution in [0, 0.1) is 0 Å². The number of hydrogen-bond acceptors (Lipinski definition) is 10. The van der Waals surface area contributed by atoms with Crippen LogP contribution in [0.2, 0.25) is 0 Å². The zero-order valence-electron chi connectivity index (χ0n) is 21.6. The Labute approximate surface area is 218 Å². The van der Waals surface area contributed by atoms with Gasteiger partial charge in [0.25, 0.3) is 0 Å². The molecule has 0 amide bonds. The first-order valence-corrected chi connectivity index (χ1v) is 13.3. The molecule has 198 valence electrons. The first kappa shape index (κ1) is 25.4. The van der Waals surface area contributed by atoms with E-state index in [1.54, 1.807) is 6.21 Å². The summed E-state index contributed by atoms with van der Waals surface area (Å²) in [7, 11) is 0. The van der Waals surface area contributed by atoms with Crippen molar-refractivity contribution in [2.45, 2.75) is 44.8 Å². The van der Waals surface area contributed by atoms with Crippen molar-refractivity contribution in [2.24, 2.45) is 9.98 Å². The SMILES string of the molecule is C=Nc1c(/N=C\C)cc(N2CCOCC2)cc1O[C@H]1CC[C@@H](Nc2ccnc(N3CCOCC3)n2)CC1. The Morgan fingerprint density at radius 3 is 2.41 bits per heavy atom. The summed E-state index contributed by atoms with van der Waals surface area (Å²) >= 11 is 0. The molecule has 1 aromatic heterocycles. The van der Waals surface area contributed by atoms with Gasteiger partial charge in [-0.15, -0.1) is 0 Å². The molecule has 5 rings (SSSR count). The van der Waals surface area contributed by atoms with Crippen molar-refractivity contribution in [3.8, 4) is 5.75 Å². The molecule has 37 heavy (non-hydrogen) atoms. The lowest BCUT2D eigenvalue weighted by atomic mass is 9.93. The van der Waals surface area contributed by atoms with E-state index in [0.29, 0.717) is 11.7 Å². The molecule has 10 nitrogen and oxygen atoms in total. The topological polar surface area (TPSA) is 96.7 Å². The molecular weight excluding hydrogens is 470 g/mol. The largest absolute Gasteiger partial charge is 0.488 e. The number of ether oxygens (including phenoxy) is 3. The van der Waals surface area contributed by atoms with E-state index in [2.05, 4.69) is 48.9 Å². The standard InChI is InChI=1S/C27H37N7O3/c1-3-29-23-18-21(33-10-14-35-15-11-33)19-24(26(23)28-2)37-22-6-4-20(5-7-22)31-25-8-9-30-27(32-25)34-12-16-36-17-13-34/h3,8-9,18-20,22H,2,4-7,10-17H2,1H3,(H,30,31,32)/b29-3-/t20-,22+. The molecule has 0 spiro atoms. The number of nitrogens with zero attached hydrogens (tertiary/aromatic N) is 6. The summed E-state index contributed by atoms with van der Waals surface area (Å²) in [6, 6.07) is 6.45. The number of aliphatic imine (C=N–C) groups is 2. The van der Waals surface area contributed by atoms with Gasteiger partial charge in [0.05, 0.1) is 38.2 Å². The number of rotatable bonds is 8. The number of morpholine rings is 2. The van der Waals surface area contributed by atoms with Crippen LogP contribution in [-0.4, -0.2) is 87.7 Å². The monoisotopic (exact) mass is 507 g/mol. The van der Waals surface area contributed by atoms with Crippen molar-refractivity contribution >= 4 is 41.8 Å². The number of nitrogens with one attached hydrogen (secondary N) is 1. The third-order valence-electron chi connectivity index (χ3n) is 7.10. The van der Waals surface area contributed by atoms with Crippen LogP contribution in [0.25, 0.3) is 0 Å². The number of benzene rings is 1. The van der Waals surface area contributed by atoms with Crippen LogP contribution in [0.4, 0.5) is 28.8 Å². The zero-order chi connectivity index (χ0) is 25.5. The predicted molar refractivity (Wildman–Crippen MR) is 148 cm³/mol. The molecule has 2 saturated heterocycles. The summed E-state index contributed by atoms with van der Waals surface area (Å²) in [6.07, 6.45) is 7.63. The summed E-state index contributed by atoms with van der Waals surface area (Å²) in [5, 5.41) is 3.61. The van der Waals surface area contributed by atoms with E-state index < -0.39 is 0 Å². The Kier molecular flexibility index (Phi) is 8.47. The number of anilines is 3. The summed E-state index contributed by atoms with van der Waals surface area (Å²) in [5.74, 6) is 2.39. The maximum atomic E-state index is 6.56. The molecular formula is C27H37N7O3. The van der Waals surface area contributed by atoms with Crippen molar-refractivity contribution in [3.63, 3.8) is 0 Å². The second kappa shape index (κ2) is 12.3. The van der Waals surface area contributed by atoms with Crippen LogP contribution < -0.4 is 19.9 Å². The highest BCUT2D eigenvalue weighted by atomic mass is 16.5. The van der Waals surface area contributed by atoms with Crippen molar-refractivity contribution < 1.29 is 14.2 Å². The lowest BCUT2D eigenvalue weighted by molar-refractivity contribution is 0.122. The fourth-order valence-electron chi connectivity index (χ4n) is 5.13. The van der Waals surface area contributed by atoms with E-state index in [1.807, 2.05) is 19.2 Å². The van der Waals surface area contributed by atoms with Crippen LogP contribution in [0.3, 0.4) is 0 Å². The van der Waals surface area contributed by atoms with Gasteiger partial charge in [-0.05, 0) is 51.5 Å². The lowest BCUT2D eigenvalue weighted by Crippen LogP contribution is -2.37. The quantitative estimate of drug-likeness (QED) is 0.536. The van der Waals surface area contributed by atoms with Crippen LogP contribution in [-0.2, 0) is 9.47 Å². The molecule has 10 heteroatoms. The van der Waals surface area contributed by atoms with E-state index >= 15 is 0 Å². The summed E-state index contributed by atoms with van der Waals surface area (Å²) < 4.78 is 17.5.